The lowest BCUT2D eigenvalue weighted by molar-refractivity contribution is 1.16. The first-order chi connectivity index (χ1) is 3.30. The number of anilines is 1. The standard InChI is InChI=1S/C2H3N3S2/c3-1-2(6)7-5-4-1/h6H,3H2. The molecule has 0 bridgehead atoms. The third-order valence-electron chi connectivity index (χ3n) is 0.495. The summed E-state index contributed by atoms with van der Waals surface area (Å²) >= 11 is 5.10. The van der Waals surface area contributed by atoms with Crippen molar-refractivity contribution in [3.05, 3.63) is 0 Å². The van der Waals surface area contributed by atoms with Crippen LogP contribution in [0.3, 0.4) is 0 Å². The molecule has 1 aromatic rings. The first-order valence-electron chi connectivity index (χ1n) is 1.57. The Hall–Kier alpha value is -0.290. The van der Waals surface area contributed by atoms with Crippen LogP contribution in [0.5, 0.6) is 0 Å². The molecule has 0 aliphatic carbocycles. The molecular formula is C2H3N3S2. The average molecular weight is 133 g/mol. The van der Waals surface area contributed by atoms with Gasteiger partial charge >= 0.3 is 0 Å². The van der Waals surface area contributed by atoms with Crippen molar-refractivity contribution in [2.45, 2.75) is 4.21 Å². The molecule has 0 atom stereocenters. The molecule has 0 amide bonds. The van der Waals surface area contributed by atoms with Gasteiger partial charge in [0.1, 0.15) is 4.21 Å². The van der Waals surface area contributed by atoms with Crippen molar-refractivity contribution < 1.29 is 0 Å². The van der Waals surface area contributed by atoms with E-state index in [4.69, 9.17) is 5.73 Å². The Labute approximate surface area is 50.1 Å². The Balaban J connectivity index is 3.12. The van der Waals surface area contributed by atoms with Crippen molar-refractivity contribution in [2.24, 2.45) is 0 Å². The van der Waals surface area contributed by atoms with Crippen LogP contribution in [0.25, 0.3) is 0 Å². The SMILES string of the molecule is Nc1nnsc1S. The molecule has 0 fully saturated rings. The van der Waals surface area contributed by atoms with E-state index in [1.54, 1.807) is 0 Å². The highest BCUT2D eigenvalue weighted by Gasteiger charge is 1.93. The Morgan fingerprint density at radius 2 is 2.43 bits per heavy atom. The summed E-state index contributed by atoms with van der Waals surface area (Å²) in [6.45, 7) is 0. The molecule has 1 aromatic heterocycles. The number of hydrogen-bond donors (Lipinski definition) is 2. The number of aromatic nitrogens is 2. The summed E-state index contributed by atoms with van der Waals surface area (Å²) in [5.74, 6) is 0.410. The van der Waals surface area contributed by atoms with Gasteiger partial charge in [0.2, 0.25) is 0 Å². The summed E-state index contributed by atoms with van der Waals surface area (Å²) in [5.41, 5.74) is 5.20. The quantitative estimate of drug-likeness (QED) is 0.504. The van der Waals surface area contributed by atoms with Crippen LogP contribution < -0.4 is 5.73 Å². The Morgan fingerprint density at radius 1 is 1.71 bits per heavy atom. The molecular weight excluding hydrogens is 130 g/mol. The van der Waals surface area contributed by atoms with Crippen molar-refractivity contribution in [1.82, 2.24) is 9.59 Å². The van der Waals surface area contributed by atoms with E-state index in [1.807, 2.05) is 0 Å². The van der Waals surface area contributed by atoms with Crippen LogP contribution in [0.2, 0.25) is 0 Å². The third-order valence-corrected chi connectivity index (χ3v) is 1.51. The van der Waals surface area contributed by atoms with Gasteiger partial charge in [-0.3, -0.25) is 0 Å². The number of nitrogens with two attached hydrogens (primary N) is 1. The molecule has 0 aromatic carbocycles. The highest BCUT2D eigenvalue weighted by Crippen LogP contribution is 2.15. The predicted molar refractivity (Wildman–Crippen MR) is 31.6 cm³/mol. The molecule has 0 saturated carbocycles. The van der Waals surface area contributed by atoms with Gasteiger partial charge in [-0.25, -0.2) is 0 Å². The van der Waals surface area contributed by atoms with Crippen LogP contribution in [0.4, 0.5) is 5.82 Å². The van der Waals surface area contributed by atoms with Crippen LogP contribution >= 0.6 is 24.2 Å². The predicted octanol–water partition coefficient (Wildman–Crippen LogP) is 0.409. The van der Waals surface area contributed by atoms with Gasteiger partial charge in [0.05, 0.1) is 0 Å². The Bertz CT molecular complexity index is 143. The molecule has 2 N–H and O–H groups in total. The summed E-state index contributed by atoms with van der Waals surface area (Å²) in [7, 11) is 0. The minimum absolute atomic E-state index is 0.410. The number of nitrogens with zero attached hydrogens (tertiary/aromatic N) is 2. The highest BCUT2D eigenvalue weighted by molar-refractivity contribution is 7.82. The Kier molecular flexibility index (Phi) is 1.16. The van der Waals surface area contributed by atoms with Crippen molar-refractivity contribution in [1.29, 1.82) is 0 Å². The number of thiol groups is 1. The van der Waals surface area contributed by atoms with Crippen LogP contribution in [0.1, 0.15) is 0 Å². The highest BCUT2D eigenvalue weighted by atomic mass is 32.2. The largest absolute Gasteiger partial charge is 0.381 e. The maximum atomic E-state index is 5.20. The van der Waals surface area contributed by atoms with Gasteiger partial charge in [-0.2, -0.15) is 0 Å². The van der Waals surface area contributed by atoms with Crippen LogP contribution in [0.15, 0.2) is 4.21 Å². The first-order valence-corrected chi connectivity index (χ1v) is 2.79. The molecule has 1 heterocycles. The van der Waals surface area contributed by atoms with E-state index in [2.05, 4.69) is 22.2 Å². The van der Waals surface area contributed by atoms with E-state index in [9.17, 15) is 0 Å². The minimum atomic E-state index is 0.410. The molecule has 5 heteroatoms. The van der Waals surface area contributed by atoms with E-state index in [1.165, 1.54) is 11.5 Å². The molecule has 3 nitrogen and oxygen atoms in total. The maximum absolute atomic E-state index is 5.20. The topological polar surface area (TPSA) is 51.8 Å². The third kappa shape index (κ3) is 0.834. The summed E-state index contributed by atoms with van der Waals surface area (Å²) in [6, 6.07) is 0. The van der Waals surface area contributed by atoms with Gasteiger partial charge in [-0.15, -0.1) is 17.7 Å². The molecule has 0 saturated heterocycles. The van der Waals surface area contributed by atoms with Crippen molar-refractivity contribution in [2.75, 3.05) is 5.73 Å². The minimum Gasteiger partial charge on any atom is -0.381 e. The zero-order chi connectivity index (χ0) is 5.28. The molecule has 0 aliphatic rings. The number of hydrogen-bond acceptors (Lipinski definition) is 5. The molecule has 0 unspecified atom stereocenters. The lowest BCUT2D eigenvalue weighted by Crippen LogP contribution is -1.83. The van der Waals surface area contributed by atoms with Crippen molar-refractivity contribution in [3.63, 3.8) is 0 Å². The maximum Gasteiger partial charge on any atom is 0.172 e. The fourth-order valence-electron chi connectivity index (χ4n) is 0.193. The fraction of sp³-hybridized carbons (Fsp3) is 0. The van der Waals surface area contributed by atoms with Gasteiger partial charge in [0.15, 0.2) is 5.82 Å². The molecule has 1 rings (SSSR count). The van der Waals surface area contributed by atoms with E-state index in [-0.39, 0.29) is 0 Å². The second-order valence-electron chi connectivity index (χ2n) is 0.963. The first kappa shape index (κ1) is 4.86. The van der Waals surface area contributed by atoms with Crippen LogP contribution in [-0.2, 0) is 0 Å². The Morgan fingerprint density at radius 3 is 2.57 bits per heavy atom. The zero-order valence-corrected chi connectivity index (χ0v) is 5.04. The summed E-state index contributed by atoms with van der Waals surface area (Å²) in [4.78, 5) is 0. The zero-order valence-electron chi connectivity index (χ0n) is 3.33. The summed E-state index contributed by atoms with van der Waals surface area (Å²) < 4.78 is 4.19. The molecule has 0 aliphatic heterocycles. The number of rotatable bonds is 0. The lowest BCUT2D eigenvalue weighted by Gasteiger charge is -1.74. The fourth-order valence-corrected chi connectivity index (χ4v) is 0.687. The van der Waals surface area contributed by atoms with Gasteiger partial charge in [-0.05, 0) is 11.5 Å². The van der Waals surface area contributed by atoms with E-state index < -0.39 is 0 Å². The van der Waals surface area contributed by atoms with E-state index in [0.29, 0.717) is 10.0 Å². The van der Waals surface area contributed by atoms with E-state index >= 15 is 0 Å². The van der Waals surface area contributed by atoms with Gasteiger partial charge in [-0.1, -0.05) is 4.49 Å². The second kappa shape index (κ2) is 1.67. The van der Waals surface area contributed by atoms with Crippen LogP contribution in [0, 0.1) is 0 Å². The van der Waals surface area contributed by atoms with Crippen molar-refractivity contribution >= 4 is 30.0 Å². The van der Waals surface area contributed by atoms with Gasteiger partial charge in [0.25, 0.3) is 0 Å². The smallest absolute Gasteiger partial charge is 0.172 e. The van der Waals surface area contributed by atoms with Gasteiger partial charge < -0.3 is 5.73 Å². The molecule has 0 radical (unpaired) electrons. The lowest BCUT2D eigenvalue weighted by atomic mass is 10.9. The van der Waals surface area contributed by atoms with Gasteiger partial charge in [0, 0.05) is 0 Å². The molecule has 0 spiro atoms. The number of nitrogen functional groups attached to an aromatic ring is 1. The molecule has 7 heavy (non-hydrogen) atoms. The monoisotopic (exact) mass is 133 g/mol. The molecule has 38 valence electrons. The van der Waals surface area contributed by atoms with E-state index in [0.717, 1.165) is 0 Å². The average Bonchev–Trinajstić information content (AvgIpc) is 1.91. The second-order valence-corrected chi connectivity index (χ2v) is 2.47. The van der Waals surface area contributed by atoms with Crippen molar-refractivity contribution in [3.8, 4) is 0 Å². The van der Waals surface area contributed by atoms with Crippen LogP contribution in [-0.4, -0.2) is 9.59 Å². The normalized spacial score (nSPS) is 9.29. The summed E-state index contributed by atoms with van der Waals surface area (Å²) in [6.07, 6.45) is 0. The summed E-state index contributed by atoms with van der Waals surface area (Å²) in [5, 5.41) is 3.49.